The van der Waals surface area contributed by atoms with E-state index >= 15 is 0 Å². The van der Waals surface area contributed by atoms with Crippen molar-refractivity contribution in [3.63, 3.8) is 0 Å². The maximum atomic E-state index is 11.6. The number of fused-ring (bicyclic) bond motifs is 1. The summed E-state index contributed by atoms with van der Waals surface area (Å²) in [5.41, 5.74) is 0. The molecule has 4 unspecified atom stereocenters. The third kappa shape index (κ3) is 0.577. The monoisotopic (exact) mass is 188 g/mol. The summed E-state index contributed by atoms with van der Waals surface area (Å²) < 4.78 is 27.7. The van der Waals surface area contributed by atoms with E-state index in [-0.39, 0.29) is 6.10 Å². The van der Waals surface area contributed by atoms with E-state index in [4.69, 9.17) is 4.18 Å². The molecule has 0 aromatic rings. The standard InChI is InChI=1S/C8H12O3S/c1-8-4-5-2-6(8)7(3-5)11-12(8,9)10/h5-7H,2-4H2,1H3. The molecule has 0 aromatic heterocycles. The second-order valence-corrected chi connectivity index (χ2v) is 6.58. The lowest BCUT2D eigenvalue weighted by Gasteiger charge is -2.23. The summed E-state index contributed by atoms with van der Waals surface area (Å²) in [6.45, 7) is 1.85. The Bertz CT molecular complexity index is 334. The molecule has 2 saturated carbocycles. The highest BCUT2D eigenvalue weighted by Crippen LogP contribution is 2.60. The molecule has 1 heterocycles. The van der Waals surface area contributed by atoms with Crippen molar-refractivity contribution in [2.24, 2.45) is 11.8 Å². The molecular weight excluding hydrogens is 176 g/mol. The van der Waals surface area contributed by atoms with Gasteiger partial charge in [0.25, 0.3) is 10.1 Å². The topological polar surface area (TPSA) is 43.4 Å². The van der Waals surface area contributed by atoms with Gasteiger partial charge in [-0.25, -0.2) is 0 Å². The third-order valence-corrected chi connectivity index (χ3v) is 6.01. The molecule has 4 heteroatoms. The van der Waals surface area contributed by atoms with Crippen LogP contribution < -0.4 is 0 Å². The van der Waals surface area contributed by atoms with Gasteiger partial charge in [0, 0.05) is 5.92 Å². The number of hydrogen-bond acceptors (Lipinski definition) is 3. The first-order valence-corrected chi connectivity index (χ1v) is 5.86. The molecule has 1 saturated heterocycles. The predicted octanol–water partition coefficient (Wildman–Crippen LogP) is 0.904. The Labute approximate surface area is 72.2 Å². The van der Waals surface area contributed by atoms with Crippen LogP contribution in [0, 0.1) is 11.8 Å². The van der Waals surface area contributed by atoms with Crippen LogP contribution in [0.3, 0.4) is 0 Å². The minimum atomic E-state index is -3.23. The second-order valence-electron chi connectivity index (χ2n) is 4.55. The van der Waals surface area contributed by atoms with Crippen LogP contribution in [-0.2, 0) is 14.3 Å². The van der Waals surface area contributed by atoms with Gasteiger partial charge in [-0.3, -0.25) is 4.18 Å². The zero-order chi connectivity index (χ0) is 8.56. The van der Waals surface area contributed by atoms with Crippen LogP contribution in [0.15, 0.2) is 0 Å². The largest absolute Gasteiger partial charge is 0.273 e. The molecule has 0 N–H and O–H groups in total. The number of rotatable bonds is 0. The molecule has 1 aliphatic heterocycles. The molecule has 3 nitrogen and oxygen atoms in total. The van der Waals surface area contributed by atoms with Gasteiger partial charge in [-0.2, -0.15) is 8.42 Å². The Morgan fingerprint density at radius 2 is 2.17 bits per heavy atom. The molecule has 2 aliphatic carbocycles. The zero-order valence-electron chi connectivity index (χ0n) is 6.99. The fourth-order valence-electron chi connectivity index (χ4n) is 3.30. The van der Waals surface area contributed by atoms with Crippen molar-refractivity contribution in [1.29, 1.82) is 0 Å². The Morgan fingerprint density at radius 1 is 1.42 bits per heavy atom. The fraction of sp³-hybridized carbons (Fsp3) is 1.00. The number of hydrogen-bond donors (Lipinski definition) is 0. The third-order valence-electron chi connectivity index (χ3n) is 3.90. The van der Waals surface area contributed by atoms with Crippen LogP contribution in [0.2, 0.25) is 0 Å². The molecule has 2 bridgehead atoms. The molecule has 0 aromatic carbocycles. The van der Waals surface area contributed by atoms with Gasteiger partial charge in [0.05, 0.1) is 6.10 Å². The molecule has 0 spiro atoms. The zero-order valence-corrected chi connectivity index (χ0v) is 7.80. The first kappa shape index (κ1) is 7.33. The molecule has 3 rings (SSSR count). The van der Waals surface area contributed by atoms with E-state index in [0.717, 1.165) is 19.3 Å². The van der Waals surface area contributed by atoms with Crippen molar-refractivity contribution in [2.75, 3.05) is 0 Å². The van der Waals surface area contributed by atoms with E-state index in [2.05, 4.69) is 0 Å². The summed E-state index contributed by atoms with van der Waals surface area (Å²) in [5.74, 6) is 0.912. The lowest BCUT2D eigenvalue weighted by atomic mass is 9.87. The van der Waals surface area contributed by atoms with Gasteiger partial charge in [-0.1, -0.05) is 0 Å². The molecule has 12 heavy (non-hydrogen) atoms. The molecule has 0 amide bonds. The summed E-state index contributed by atoms with van der Waals surface area (Å²) in [5, 5.41) is 0. The van der Waals surface area contributed by atoms with E-state index in [1.807, 2.05) is 6.92 Å². The first-order valence-electron chi connectivity index (χ1n) is 4.46. The highest BCUT2D eigenvalue weighted by Gasteiger charge is 2.66. The molecule has 3 fully saturated rings. The van der Waals surface area contributed by atoms with Gasteiger partial charge < -0.3 is 0 Å². The van der Waals surface area contributed by atoms with Crippen LogP contribution in [0.1, 0.15) is 26.2 Å². The molecular formula is C8H12O3S. The van der Waals surface area contributed by atoms with Gasteiger partial charge in [0.1, 0.15) is 4.75 Å². The van der Waals surface area contributed by atoms with Crippen molar-refractivity contribution in [3.8, 4) is 0 Å². The average Bonchev–Trinajstić information content (AvgIpc) is 2.44. The summed E-state index contributed by atoms with van der Waals surface area (Å²) in [6.07, 6.45) is 2.90. The average molecular weight is 188 g/mol. The second kappa shape index (κ2) is 1.73. The van der Waals surface area contributed by atoms with Gasteiger partial charge in [0.15, 0.2) is 0 Å². The Hall–Kier alpha value is -0.0900. The minimum Gasteiger partial charge on any atom is -0.266 e. The lowest BCUT2D eigenvalue weighted by Crippen LogP contribution is -2.35. The van der Waals surface area contributed by atoms with Gasteiger partial charge in [0.2, 0.25) is 0 Å². The van der Waals surface area contributed by atoms with E-state index in [9.17, 15) is 8.42 Å². The van der Waals surface area contributed by atoms with Gasteiger partial charge >= 0.3 is 0 Å². The highest BCUT2D eigenvalue weighted by molar-refractivity contribution is 7.88. The normalized spacial score (nSPS) is 59.6. The summed E-state index contributed by atoms with van der Waals surface area (Å²) in [7, 11) is -3.23. The highest BCUT2D eigenvalue weighted by atomic mass is 32.2. The van der Waals surface area contributed by atoms with Gasteiger partial charge in [-0.05, 0) is 32.1 Å². The quantitative estimate of drug-likeness (QED) is 0.530. The van der Waals surface area contributed by atoms with Crippen LogP contribution >= 0.6 is 0 Å². The Morgan fingerprint density at radius 3 is 2.67 bits per heavy atom. The van der Waals surface area contributed by atoms with E-state index in [1.165, 1.54) is 0 Å². The van der Waals surface area contributed by atoms with Crippen molar-refractivity contribution in [3.05, 3.63) is 0 Å². The SMILES string of the molecule is CC12CC3CC(OS1(=O)=O)C2C3. The molecule has 4 atom stereocenters. The maximum absolute atomic E-state index is 11.6. The predicted molar refractivity (Wildman–Crippen MR) is 43.0 cm³/mol. The van der Waals surface area contributed by atoms with E-state index in [1.54, 1.807) is 0 Å². The summed E-state index contributed by atoms with van der Waals surface area (Å²) in [4.78, 5) is 0. The minimum absolute atomic E-state index is 0.0266. The first-order chi connectivity index (χ1) is 5.53. The summed E-state index contributed by atoms with van der Waals surface area (Å²) in [6, 6.07) is 0. The summed E-state index contributed by atoms with van der Waals surface area (Å²) >= 11 is 0. The Kier molecular flexibility index (Phi) is 1.05. The Balaban J connectivity index is 2.21. The van der Waals surface area contributed by atoms with Gasteiger partial charge in [-0.15, -0.1) is 0 Å². The van der Waals surface area contributed by atoms with Crippen molar-refractivity contribution in [2.45, 2.75) is 37.0 Å². The maximum Gasteiger partial charge on any atom is 0.273 e. The van der Waals surface area contributed by atoms with Crippen LogP contribution in [0.5, 0.6) is 0 Å². The lowest BCUT2D eigenvalue weighted by molar-refractivity contribution is 0.184. The van der Waals surface area contributed by atoms with E-state index in [0.29, 0.717) is 11.8 Å². The van der Waals surface area contributed by atoms with Crippen LogP contribution in [0.4, 0.5) is 0 Å². The van der Waals surface area contributed by atoms with Crippen molar-refractivity contribution in [1.82, 2.24) is 0 Å². The van der Waals surface area contributed by atoms with Crippen molar-refractivity contribution < 1.29 is 12.6 Å². The molecule has 3 aliphatic rings. The van der Waals surface area contributed by atoms with E-state index < -0.39 is 14.9 Å². The molecule has 0 radical (unpaired) electrons. The van der Waals surface area contributed by atoms with Crippen LogP contribution in [0.25, 0.3) is 0 Å². The van der Waals surface area contributed by atoms with Crippen molar-refractivity contribution >= 4 is 10.1 Å². The smallest absolute Gasteiger partial charge is 0.266 e. The fourth-order valence-corrected chi connectivity index (χ4v) is 5.12. The van der Waals surface area contributed by atoms with Crippen LogP contribution in [-0.4, -0.2) is 19.3 Å². The molecule has 68 valence electrons.